The van der Waals surface area contributed by atoms with Crippen LogP contribution in [-0.2, 0) is 0 Å². The summed E-state index contributed by atoms with van der Waals surface area (Å²) in [6, 6.07) is 7.45. The number of hydrogen-bond acceptors (Lipinski definition) is 3. The number of nitrogens with zero attached hydrogens (tertiary/aromatic N) is 1. The Hall–Kier alpha value is -1.53. The van der Waals surface area contributed by atoms with Gasteiger partial charge in [-0.15, -0.1) is 0 Å². The van der Waals surface area contributed by atoms with Crippen molar-refractivity contribution in [3.63, 3.8) is 0 Å². The van der Waals surface area contributed by atoms with Gasteiger partial charge in [-0.25, -0.2) is 0 Å². The molecule has 1 aromatic rings. The van der Waals surface area contributed by atoms with E-state index in [4.69, 9.17) is 15.7 Å². The first-order chi connectivity index (χ1) is 5.83. The Morgan fingerprint density at radius 1 is 1.58 bits per heavy atom. The number of fused-ring (bicyclic) bond motifs is 1. The lowest BCUT2D eigenvalue weighted by molar-refractivity contribution is 0.332. The van der Waals surface area contributed by atoms with Gasteiger partial charge in [0.1, 0.15) is 18.4 Å². The number of ether oxygens (including phenoxy) is 1. The monoisotopic (exact) mass is 160 g/mol. The standard InChI is InChI=1S/C9H8N2O/c10-4-6-2-1-3-7-8(11)5-12-9(6)7/h1-3,8H,5,11H2. The van der Waals surface area contributed by atoms with Crippen LogP contribution in [0, 0.1) is 11.3 Å². The van der Waals surface area contributed by atoms with E-state index < -0.39 is 0 Å². The molecule has 0 amide bonds. The van der Waals surface area contributed by atoms with Gasteiger partial charge >= 0.3 is 0 Å². The lowest BCUT2D eigenvalue weighted by Crippen LogP contribution is -2.10. The molecule has 0 aliphatic carbocycles. The minimum atomic E-state index is -0.0756. The fourth-order valence-electron chi connectivity index (χ4n) is 1.36. The van der Waals surface area contributed by atoms with Gasteiger partial charge in [0.05, 0.1) is 11.6 Å². The van der Waals surface area contributed by atoms with Gasteiger partial charge in [0.25, 0.3) is 0 Å². The molecule has 0 aromatic heterocycles. The van der Waals surface area contributed by atoms with Crippen LogP contribution in [0.15, 0.2) is 18.2 Å². The van der Waals surface area contributed by atoms with Gasteiger partial charge in [-0.05, 0) is 6.07 Å². The Kier molecular flexibility index (Phi) is 1.49. The van der Waals surface area contributed by atoms with Crippen LogP contribution in [0.25, 0.3) is 0 Å². The van der Waals surface area contributed by atoms with E-state index in [1.54, 1.807) is 6.07 Å². The molecule has 1 atom stereocenters. The van der Waals surface area contributed by atoms with Crippen molar-refractivity contribution in [2.24, 2.45) is 5.73 Å². The number of nitrogens with two attached hydrogens (primary N) is 1. The summed E-state index contributed by atoms with van der Waals surface area (Å²) < 4.78 is 5.29. The van der Waals surface area contributed by atoms with Crippen molar-refractivity contribution >= 4 is 0 Å². The highest BCUT2D eigenvalue weighted by Crippen LogP contribution is 2.33. The summed E-state index contributed by atoms with van der Waals surface area (Å²) in [4.78, 5) is 0. The van der Waals surface area contributed by atoms with Gasteiger partial charge in [-0.2, -0.15) is 5.26 Å². The maximum Gasteiger partial charge on any atom is 0.142 e. The van der Waals surface area contributed by atoms with Crippen LogP contribution in [0.5, 0.6) is 5.75 Å². The molecule has 0 bridgehead atoms. The summed E-state index contributed by atoms with van der Waals surface area (Å²) in [5.74, 6) is 0.660. The predicted molar refractivity (Wildman–Crippen MR) is 43.6 cm³/mol. The van der Waals surface area contributed by atoms with E-state index in [-0.39, 0.29) is 6.04 Å². The smallest absolute Gasteiger partial charge is 0.142 e. The van der Waals surface area contributed by atoms with E-state index in [9.17, 15) is 0 Å². The van der Waals surface area contributed by atoms with Gasteiger partial charge in [-0.1, -0.05) is 12.1 Å². The highest BCUT2D eigenvalue weighted by atomic mass is 16.5. The van der Waals surface area contributed by atoms with Gasteiger partial charge in [0.15, 0.2) is 0 Å². The molecule has 12 heavy (non-hydrogen) atoms. The second-order valence-corrected chi connectivity index (χ2v) is 2.75. The van der Waals surface area contributed by atoms with E-state index in [0.717, 1.165) is 5.56 Å². The van der Waals surface area contributed by atoms with E-state index in [1.165, 1.54) is 0 Å². The topological polar surface area (TPSA) is 59.0 Å². The molecule has 0 radical (unpaired) electrons. The van der Waals surface area contributed by atoms with Crippen LogP contribution in [0.2, 0.25) is 0 Å². The van der Waals surface area contributed by atoms with Crippen molar-refractivity contribution in [3.8, 4) is 11.8 Å². The summed E-state index contributed by atoms with van der Waals surface area (Å²) in [6.07, 6.45) is 0. The molecule has 1 heterocycles. The number of para-hydroxylation sites is 1. The van der Waals surface area contributed by atoms with Crippen molar-refractivity contribution in [2.45, 2.75) is 6.04 Å². The maximum absolute atomic E-state index is 8.72. The van der Waals surface area contributed by atoms with E-state index in [2.05, 4.69) is 6.07 Å². The third kappa shape index (κ3) is 0.858. The van der Waals surface area contributed by atoms with Crippen LogP contribution in [0.3, 0.4) is 0 Å². The number of rotatable bonds is 0. The van der Waals surface area contributed by atoms with E-state index in [1.807, 2.05) is 12.1 Å². The summed E-state index contributed by atoms with van der Waals surface area (Å²) >= 11 is 0. The van der Waals surface area contributed by atoms with E-state index in [0.29, 0.717) is 17.9 Å². The molecule has 2 rings (SSSR count). The zero-order valence-electron chi connectivity index (χ0n) is 6.45. The number of nitriles is 1. The molecule has 1 aliphatic heterocycles. The van der Waals surface area contributed by atoms with Gasteiger partial charge in [-0.3, -0.25) is 0 Å². The highest BCUT2D eigenvalue weighted by Gasteiger charge is 2.22. The highest BCUT2D eigenvalue weighted by molar-refractivity contribution is 5.51. The maximum atomic E-state index is 8.72. The van der Waals surface area contributed by atoms with Crippen LogP contribution < -0.4 is 10.5 Å². The Balaban J connectivity index is 2.60. The second-order valence-electron chi connectivity index (χ2n) is 2.75. The molecular formula is C9H8N2O. The third-order valence-electron chi connectivity index (χ3n) is 1.97. The SMILES string of the molecule is N#Cc1cccc2c1OCC2N. The Morgan fingerprint density at radius 3 is 3.17 bits per heavy atom. The first-order valence-corrected chi connectivity index (χ1v) is 3.74. The van der Waals surface area contributed by atoms with Crippen molar-refractivity contribution in [3.05, 3.63) is 29.3 Å². The first-order valence-electron chi connectivity index (χ1n) is 3.74. The molecule has 0 saturated heterocycles. The molecular weight excluding hydrogens is 152 g/mol. The molecule has 3 nitrogen and oxygen atoms in total. The average molecular weight is 160 g/mol. The predicted octanol–water partition coefficient (Wildman–Crippen LogP) is 0.950. The lowest BCUT2D eigenvalue weighted by Gasteiger charge is -1.99. The molecule has 3 heteroatoms. The summed E-state index contributed by atoms with van der Waals surface area (Å²) in [6.45, 7) is 0.480. The molecule has 2 N–H and O–H groups in total. The minimum Gasteiger partial charge on any atom is -0.490 e. The zero-order valence-corrected chi connectivity index (χ0v) is 6.45. The lowest BCUT2D eigenvalue weighted by atomic mass is 10.1. The van der Waals surface area contributed by atoms with Crippen molar-refractivity contribution in [1.82, 2.24) is 0 Å². The molecule has 0 fully saturated rings. The normalized spacial score (nSPS) is 19.5. The van der Waals surface area contributed by atoms with Crippen LogP contribution >= 0.6 is 0 Å². The second kappa shape index (κ2) is 2.50. The van der Waals surface area contributed by atoms with Gasteiger partial charge in [0.2, 0.25) is 0 Å². The molecule has 1 aromatic carbocycles. The molecule has 1 unspecified atom stereocenters. The summed E-state index contributed by atoms with van der Waals surface area (Å²) in [5.41, 5.74) is 7.24. The van der Waals surface area contributed by atoms with E-state index >= 15 is 0 Å². The fourth-order valence-corrected chi connectivity index (χ4v) is 1.36. The number of hydrogen-bond donors (Lipinski definition) is 1. The Bertz CT molecular complexity index is 354. The Labute approximate surface area is 70.4 Å². The summed E-state index contributed by atoms with van der Waals surface area (Å²) in [5, 5.41) is 8.72. The van der Waals surface area contributed by atoms with Crippen LogP contribution in [0.1, 0.15) is 17.2 Å². The summed E-state index contributed by atoms with van der Waals surface area (Å²) in [7, 11) is 0. The van der Waals surface area contributed by atoms with Crippen LogP contribution in [0.4, 0.5) is 0 Å². The third-order valence-corrected chi connectivity index (χ3v) is 1.97. The van der Waals surface area contributed by atoms with Crippen molar-refractivity contribution in [2.75, 3.05) is 6.61 Å². The fraction of sp³-hybridized carbons (Fsp3) is 0.222. The quantitative estimate of drug-likeness (QED) is 0.614. The largest absolute Gasteiger partial charge is 0.490 e. The molecule has 0 saturated carbocycles. The average Bonchev–Trinajstić information content (AvgIpc) is 2.48. The first kappa shape index (κ1) is 7.14. The van der Waals surface area contributed by atoms with Crippen LogP contribution in [-0.4, -0.2) is 6.61 Å². The minimum absolute atomic E-state index is 0.0756. The zero-order chi connectivity index (χ0) is 8.55. The number of benzene rings is 1. The van der Waals surface area contributed by atoms with Crippen molar-refractivity contribution in [1.29, 1.82) is 5.26 Å². The molecule has 60 valence electrons. The molecule has 1 aliphatic rings. The molecule has 0 spiro atoms. The Morgan fingerprint density at radius 2 is 2.42 bits per heavy atom. The van der Waals surface area contributed by atoms with Gasteiger partial charge < -0.3 is 10.5 Å². The van der Waals surface area contributed by atoms with Gasteiger partial charge in [0, 0.05) is 5.56 Å². The van der Waals surface area contributed by atoms with Crippen molar-refractivity contribution < 1.29 is 4.74 Å².